The Morgan fingerprint density at radius 2 is 2.05 bits per heavy atom. The molecule has 0 aromatic carbocycles. The molecule has 2 aromatic heterocycles. The van der Waals surface area contributed by atoms with Gasteiger partial charge < -0.3 is 5.11 Å². The van der Waals surface area contributed by atoms with Crippen molar-refractivity contribution in [1.29, 1.82) is 0 Å². The van der Waals surface area contributed by atoms with E-state index in [9.17, 15) is 5.11 Å². The van der Waals surface area contributed by atoms with E-state index in [4.69, 9.17) is 0 Å². The maximum Gasteiger partial charge on any atom is 0.0815 e. The summed E-state index contributed by atoms with van der Waals surface area (Å²) in [6, 6.07) is 0. The van der Waals surface area contributed by atoms with Crippen LogP contribution >= 0.6 is 0 Å². The van der Waals surface area contributed by atoms with Crippen LogP contribution in [-0.4, -0.2) is 30.7 Å². The van der Waals surface area contributed by atoms with Gasteiger partial charge in [-0.25, -0.2) is 0 Å². The third-order valence-corrected chi connectivity index (χ3v) is 4.03. The summed E-state index contributed by atoms with van der Waals surface area (Å²) in [5.41, 5.74) is 1.64. The molecule has 0 aliphatic carbocycles. The second kappa shape index (κ2) is 6.43. The minimum Gasteiger partial charge on any atom is -0.388 e. The first-order chi connectivity index (χ1) is 9.87. The van der Waals surface area contributed by atoms with Gasteiger partial charge in [-0.1, -0.05) is 20.8 Å². The lowest BCUT2D eigenvalue weighted by Crippen LogP contribution is -2.31. The third kappa shape index (κ3) is 4.43. The first kappa shape index (κ1) is 15.8. The van der Waals surface area contributed by atoms with Crippen molar-refractivity contribution in [2.75, 3.05) is 0 Å². The van der Waals surface area contributed by atoms with Crippen molar-refractivity contribution in [3.05, 3.63) is 35.9 Å². The lowest BCUT2D eigenvalue weighted by Gasteiger charge is -2.24. The molecule has 0 aliphatic heterocycles. The minimum atomic E-state index is -0.752. The van der Waals surface area contributed by atoms with Gasteiger partial charge in [0, 0.05) is 12.4 Å². The van der Waals surface area contributed by atoms with Crippen molar-refractivity contribution < 1.29 is 5.11 Å². The standard InChI is InChI=1S/C16H26N4O/c1-12(2)15-9-19-20(10-15)11-16(4,21)6-5-13(3)14-7-17-18-8-14/h7-10,12-13,21H,5-6,11H2,1-4H3,(H,17,18). The van der Waals surface area contributed by atoms with E-state index in [1.807, 2.05) is 36.4 Å². The van der Waals surface area contributed by atoms with Crippen LogP contribution in [0.2, 0.25) is 0 Å². The Morgan fingerprint density at radius 1 is 1.29 bits per heavy atom. The van der Waals surface area contributed by atoms with Crippen molar-refractivity contribution in [3.63, 3.8) is 0 Å². The molecule has 0 bridgehead atoms. The average molecular weight is 290 g/mol. The molecule has 0 amide bonds. The van der Waals surface area contributed by atoms with Crippen molar-refractivity contribution >= 4 is 0 Å². The minimum absolute atomic E-state index is 0.388. The molecule has 0 aliphatic rings. The van der Waals surface area contributed by atoms with E-state index in [0.717, 1.165) is 12.8 Å². The van der Waals surface area contributed by atoms with Crippen molar-refractivity contribution in [2.45, 2.75) is 64.5 Å². The van der Waals surface area contributed by atoms with Crippen LogP contribution in [0, 0.1) is 0 Å². The average Bonchev–Trinajstić information content (AvgIpc) is 3.06. The first-order valence-corrected chi connectivity index (χ1v) is 7.61. The zero-order chi connectivity index (χ0) is 15.5. The molecule has 2 atom stereocenters. The lowest BCUT2D eigenvalue weighted by molar-refractivity contribution is 0.0263. The van der Waals surface area contributed by atoms with Gasteiger partial charge >= 0.3 is 0 Å². The molecule has 5 nitrogen and oxygen atoms in total. The van der Waals surface area contributed by atoms with Gasteiger partial charge in [0.15, 0.2) is 0 Å². The number of aromatic nitrogens is 4. The van der Waals surface area contributed by atoms with E-state index < -0.39 is 5.60 Å². The number of hydrogen-bond donors (Lipinski definition) is 2. The monoisotopic (exact) mass is 290 g/mol. The van der Waals surface area contributed by atoms with E-state index >= 15 is 0 Å². The van der Waals surface area contributed by atoms with Crippen LogP contribution in [-0.2, 0) is 6.54 Å². The summed E-state index contributed by atoms with van der Waals surface area (Å²) in [4.78, 5) is 0. The Hall–Kier alpha value is -1.62. The molecule has 5 heteroatoms. The summed E-state index contributed by atoms with van der Waals surface area (Å²) in [6.07, 6.45) is 9.33. The highest BCUT2D eigenvalue weighted by molar-refractivity contribution is 5.10. The second-order valence-corrected chi connectivity index (χ2v) is 6.59. The first-order valence-electron chi connectivity index (χ1n) is 7.61. The van der Waals surface area contributed by atoms with Gasteiger partial charge in [0.2, 0.25) is 0 Å². The van der Waals surface area contributed by atoms with E-state index in [2.05, 4.69) is 36.1 Å². The number of aliphatic hydroxyl groups is 1. The third-order valence-electron chi connectivity index (χ3n) is 4.03. The summed E-state index contributed by atoms with van der Waals surface area (Å²) in [7, 11) is 0. The van der Waals surface area contributed by atoms with E-state index in [1.165, 1.54) is 11.1 Å². The highest BCUT2D eigenvalue weighted by Crippen LogP contribution is 2.25. The van der Waals surface area contributed by atoms with Crippen LogP contribution in [0.1, 0.15) is 63.5 Å². The topological polar surface area (TPSA) is 66.7 Å². The van der Waals surface area contributed by atoms with E-state index in [-0.39, 0.29) is 0 Å². The van der Waals surface area contributed by atoms with Crippen LogP contribution in [0.4, 0.5) is 0 Å². The molecule has 2 unspecified atom stereocenters. The van der Waals surface area contributed by atoms with Gasteiger partial charge in [-0.3, -0.25) is 9.78 Å². The molecule has 21 heavy (non-hydrogen) atoms. The number of nitrogens with zero attached hydrogens (tertiary/aromatic N) is 3. The molecular weight excluding hydrogens is 264 g/mol. The number of nitrogens with one attached hydrogen (secondary N) is 1. The van der Waals surface area contributed by atoms with Crippen LogP contribution in [0.5, 0.6) is 0 Å². The number of aromatic amines is 1. The molecule has 0 saturated heterocycles. The van der Waals surface area contributed by atoms with E-state index in [1.54, 1.807) is 0 Å². The van der Waals surface area contributed by atoms with Gasteiger partial charge in [0.05, 0.1) is 24.5 Å². The zero-order valence-corrected chi connectivity index (χ0v) is 13.4. The van der Waals surface area contributed by atoms with Crippen LogP contribution in [0.3, 0.4) is 0 Å². The molecule has 2 heterocycles. The lowest BCUT2D eigenvalue weighted by atomic mass is 9.91. The molecule has 2 aromatic rings. The Kier molecular flexibility index (Phi) is 4.83. The molecule has 0 saturated carbocycles. The highest BCUT2D eigenvalue weighted by Gasteiger charge is 2.23. The van der Waals surface area contributed by atoms with Gasteiger partial charge in [-0.05, 0) is 42.7 Å². The molecular formula is C16H26N4O. The number of rotatable bonds is 7. The Bertz CT molecular complexity index is 542. The largest absolute Gasteiger partial charge is 0.388 e. The van der Waals surface area contributed by atoms with Crippen molar-refractivity contribution in [1.82, 2.24) is 20.0 Å². The zero-order valence-electron chi connectivity index (χ0n) is 13.4. The summed E-state index contributed by atoms with van der Waals surface area (Å²) >= 11 is 0. The molecule has 2 N–H and O–H groups in total. The number of hydrogen-bond acceptors (Lipinski definition) is 3. The summed E-state index contributed by atoms with van der Waals surface area (Å²) in [5, 5.41) is 21.7. The van der Waals surface area contributed by atoms with Crippen LogP contribution < -0.4 is 0 Å². The number of H-pyrrole nitrogens is 1. The summed E-state index contributed by atoms with van der Waals surface area (Å²) in [6.45, 7) is 8.85. The SMILES string of the molecule is CC(C)c1cnn(CC(C)(O)CCC(C)c2cn[nH]c2)c1. The van der Waals surface area contributed by atoms with Crippen molar-refractivity contribution in [3.8, 4) is 0 Å². The van der Waals surface area contributed by atoms with Gasteiger partial charge in [0.25, 0.3) is 0 Å². The fraction of sp³-hybridized carbons (Fsp3) is 0.625. The molecule has 0 fully saturated rings. The Morgan fingerprint density at radius 3 is 2.62 bits per heavy atom. The Labute approximate surface area is 126 Å². The fourth-order valence-electron chi connectivity index (χ4n) is 2.42. The Balaban J connectivity index is 1.88. The molecule has 2 rings (SSSR count). The molecule has 116 valence electrons. The summed E-state index contributed by atoms with van der Waals surface area (Å²) < 4.78 is 1.85. The summed E-state index contributed by atoms with van der Waals surface area (Å²) in [5.74, 6) is 0.851. The molecule has 0 radical (unpaired) electrons. The maximum atomic E-state index is 10.6. The van der Waals surface area contributed by atoms with Crippen LogP contribution in [0.25, 0.3) is 0 Å². The normalized spacial score (nSPS) is 16.1. The van der Waals surface area contributed by atoms with E-state index in [0.29, 0.717) is 18.4 Å². The van der Waals surface area contributed by atoms with Crippen molar-refractivity contribution in [2.24, 2.45) is 0 Å². The van der Waals surface area contributed by atoms with Gasteiger partial charge in [-0.15, -0.1) is 0 Å². The quantitative estimate of drug-likeness (QED) is 0.823. The van der Waals surface area contributed by atoms with Gasteiger partial charge in [-0.2, -0.15) is 10.2 Å². The van der Waals surface area contributed by atoms with Crippen LogP contribution in [0.15, 0.2) is 24.8 Å². The smallest absolute Gasteiger partial charge is 0.0815 e. The predicted molar refractivity (Wildman–Crippen MR) is 83.2 cm³/mol. The maximum absolute atomic E-state index is 10.6. The highest BCUT2D eigenvalue weighted by atomic mass is 16.3. The predicted octanol–water partition coefficient (Wildman–Crippen LogP) is 3.06. The fourth-order valence-corrected chi connectivity index (χ4v) is 2.42. The van der Waals surface area contributed by atoms with Gasteiger partial charge in [0.1, 0.15) is 0 Å². The molecule has 0 spiro atoms. The second-order valence-electron chi connectivity index (χ2n) is 6.59.